The highest BCUT2D eigenvalue weighted by molar-refractivity contribution is 5.81. The zero-order chi connectivity index (χ0) is 13.9. The maximum absolute atomic E-state index is 13.0. The molecule has 0 unspecified atom stereocenters. The van der Waals surface area contributed by atoms with Crippen LogP contribution < -0.4 is 5.32 Å². The minimum Gasteiger partial charge on any atom is -0.352 e. The summed E-state index contributed by atoms with van der Waals surface area (Å²) in [6, 6.07) is 9.99. The Morgan fingerprint density at radius 3 is 2.70 bits per heavy atom. The van der Waals surface area contributed by atoms with Crippen LogP contribution in [0.4, 0.5) is 4.39 Å². The van der Waals surface area contributed by atoms with Crippen molar-refractivity contribution in [1.29, 1.82) is 0 Å². The largest absolute Gasteiger partial charge is 0.352 e. The molecule has 1 saturated carbocycles. The van der Waals surface area contributed by atoms with Crippen LogP contribution in [0.3, 0.4) is 0 Å². The van der Waals surface area contributed by atoms with E-state index in [-0.39, 0.29) is 17.6 Å². The third-order valence-corrected chi connectivity index (χ3v) is 3.41. The smallest absolute Gasteiger partial charge is 0.223 e. The Morgan fingerprint density at radius 1 is 1.25 bits per heavy atom. The molecule has 0 atom stereocenters. The van der Waals surface area contributed by atoms with Crippen LogP contribution in [-0.2, 0) is 11.3 Å². The minimum absolute atomic E-state index is 0.110. The summed E-state index contributed by atoms with van der Waals surface area (Å²) in [5, 5.41) is 2.93. The summed E-state index contributed by atoms with van der Waals surface area (Å²) < 4.78 is 13.0. The van der Waals surface area contributed by atoms with Gasteiger partial charge in [-0.05, 0) is 48.7 Å². The van der Waals surface area contributed by atoms with Gasteiger partial charge in [-0.15, -0.1) is 0 Å². The first-order chi connectivity index (χ1) is 9.74. The average molecular weight is 270 g/mol. The number of halogens is 1. The zero-order valence-electron chi connectivity index (χ0n) is 11.0. The van der Waals surface area contributed by atoms with E-state index in [0.29, 0.717) is 6.54 Å². The fourth-order valence-electron chi connectivity index (χ4n) is 2.12. The van der Waals surface area contributed by atoms with Crippen molar-refractivity contribution in [3.63, 3.8) is 0 Å². The first-order valence-corrected chi connectivity index (χ1v) is 6.71. The van der Waals surface area contributed by atoms with Gasteiger partial charge in [0.1, 0.15) is 5.82 Å². The van der Waals surface area contributed by atoms with Crippen molar-refractivity contribution in [2.45, 2.75) is 19.4 Å². The van der Waals surface area contributed by atoms with E-state index in [9.17, 15) is 9.18 Å². The summed E-state index contributed by atoms with van der Waals surface area (Å²) in [4.78, 5) is 16.0. The van der Waals surface area contributed by atoms with Crippen LogP contribution in [0.1, 0.15) is 18.4 Å². The lowest BCUT2D eigenvalue weighted by atomic mass is 10.1. The number of nitrogens with zero attached hydrogens (tertiary/aromatic N) is 1. The topological polar surface area (TPSA) is 42.0 Å². The number of carbonyl (C=O) groups excluding carboxylic acids is 1. The van der Waals surface area contributed by atoms with Gasteiger partial charge in [0.2, 0.25) is 5.91 Å². The first-order valence-electron chi connectivity index (χ1n) is 6.71. The molecule has 1 N–H and O–H groups in total. The lowest BCUT2D eigenvalue weighted by Crippen LogP contribution is -2.24. The second-order valence-corrected chi connectivity index (χ2v) is 5.01. The van der Waals surface area contributed by atoms with Gasteiger partial charge in [0.05, 0.1) is 5.69 Å². The summed E-state index contributed by atoms with van der Waals surface area (Å²) in [5.74, 6) is 0.0353. The van der Waals surface area contributed by atoms with E-state index < -0.39 is 0 Å². The predicted octanol–water partition coefficient (Wildman–Crippen LogP) is 2.91. The summed E-state index contributed by atoms with van der Waals surface area (Å²) in [6.07, 6.45) is 3.68. The molecule has 102 valence electrons. The van der Waals surface area contributed by atoms with E-state index in [1.165, 1.54) is 12.1 Å². The van der Waals surface area contributed by atoms with Crippen LogP contribution in [0.15, 0.2) is 42.6 Å². The van der Waals surface area contributed by atoms with Gasteiger partial charge >= 0.3 is 0 Å². The Balaban J connectivity index is 1.80. The third-order valence-electron chi connectivity index (χ3n) is 3.41. The molecule has 0 aliphatic heterocycles. The van der Waals surface area contributed by atoms with Crippen molar-refractivity contribution >= 4 is 5.91 Å². The molecule has 3 rings (SSSR count). The normalized spacial score (nSPS) is 14.1. The number of nitrogens with one attached hydrogen (secondary N) is 1. The van der Waals surface area contributed by atoms with Crippen LogP contribution in [0.2, 0.25) is 0 Å². The van der Waals surface area contributed by atoms with Gasteiger partial charge in [-0.3, -0.25) is 9.78 Å². The maximum Gasteiger partial charge on any atom is 0.223 e. The van der Waals surface area contributed by atoms with E-state index in [2.05, 4.69) is 10.3 Å². The molecule has 1 aromatic carbocycles. The SMILES string of the molecule is O=C(NCc1cccnc1-c1ccc(F)cc1)C1CC1. The molecule has 0 spiro atoms. The van der Waals surface area contributed by atoms with Crippen LogP contribution in [0.25, 0.3) is 11.3 Å². The summed E-state index contributed by atoms with van der Waals surface area (Å²) >= 11 is 0. The van der Waals surface area contributed by atoms with Crippen molar-refractivity contribution in [2.24, 2.45) is 5.92 Å². The summed E-state index contributed by atoms with van der Waals surface area (Å²) in [7, 11) is 0. The quantitative estimate of drug-likeness (QED) is 0.928. The molecule has 1 fully saturated rings. The van der Waals surface area contributed by atoms with Gasteiger partial charge in [-0.1, -0.05) is 6.07 Å². The highest BCUT2D eigenvalue weighted by atomic mass is 19.1. The maximum atomic E-state index is 13.0. The lowest BCUT2D eigenvalue weighted by Gasteiger charge is -2.09. The third kappa shape index (κ3) is 2.85. The molecular formula is C16H15FN2O. The number of hydrogen-bond acceptors (Lipinski definition) is 2. The Bertz CT molecular complexity index is 621. The number of benzene rings is 1. The van der Waals surface area contributed by atoms with Gasteiger partial charge in [0.25, 0.3) is 0 Å². The van der Waals surface area contributed by atoms with Crippen molar-refractivity contribution in [2.75, 3.05) is 0 Å². The monoisotopic (exact) mass is 270 g/mol. The molecule has 1 aliphatic rings. The fraction of sp³-hybridized carbons (Fsp3) is 0.250. The molecule has 1 aliphatic carbocycles. The van der Waals surface area contributed by atoms with Crippen LogP contribution in [-0.4, -0.2) is 10.9 Å². The van der Waals surface area contributed by atoms with Crippen LogP contribution in [0.5, 0.6) is 0 Å². The number of rotatable bonds is 4. The number of aromatic nitrogens is 1. The minimum atomic E-state index is -0.270. The molecule has 0 radical (unpaired) electrons. The molecule has 0 saturated heterocycles. The van der Waals surface area contributed by atoms with E-state index in [4.69, 9.17) is 0 Å². The van der Waals surface area contributed by atoms with E-state index in [1.54, 1.807) is 18.3 Å². The second-order valence-electron chi connectivity index (χ2n) is 5.01. The molecular weight excluding hydrogens is 255 g/mol. The summed E-state index contributed by atoms with van der Waals surface area (Å²) in [6.45, 7) is 0.454. The first kappa shape index (κ1) is 12.8. The number of hydrogen-bond donors (Lipinski definition) is 1. The molecule has 1 heterocycles. The van der Waals surface area contributed by atoms with E-state index >= 15 is 0 Å². The molecule has 2 aromatic rings. The highest BCUT2D eigenvalue weighted by Crippen LogP contribution is 2.29. The highest BCUT2D eigenvalue weighted by Gasteiger charge is 2.29. The van der Waals surface area contributed by atoms with Crippen molar-refractivity contribution in [1.82, 2.24) is 10.3 Å². The molecule has 0 bridgehead atoms. The Labute approximate surface area is 116 Å². The Morgan fingerprint density at radius 2 is 2.00 bits per heavy atom. The van der Waals surface area contributed by atoms with Crippen molar-refractivity contribution in [3.05, 3.63) is 54.0 Å². The van der Waals surface area contributed by atoms with Gasteiger partial charge in [0, 0.05) is 24.2 Å². The van der Waals surface area contributed by atoms with E-state index in [0.717, 1.165) is 29.7 Å². The van der Waals surface area contributed by atoms with Crippen molar-refractivity contribution in [3.8, 4) is 11.3 Å². The number of pyridine rings is 1. The predicted molar refractivity (Wildman–Crippen MR) is 74.2 cm³/mol. The number of carbonyl (C=O) groups is 1. The van der Waals surface area contributed by atoms with Crippen LogP contribution in [0, 0.1) is 11.7 Å². The fourth-order valence-corrected chi connectivity index (χ4v) is 2.12. The van der Waals surface area contributed by atoms with Gasteiger partial charge < -0.3 is 5.32 Å². The van der Waals surface area contributed by atoms with Crippen LogP contribution >= 0.6 is 0 Å². The van der Waals surface area contributed by atoms with Gasteiger partial charge in [0.15, 0.2) is 0 Å². The molecule has 20 heavy (non-hydrogen) atoms. The van der Waals surface area contributed by atoms with E-state index in [1.807, 2.05) is 12.1 Å². The standard InChI is InChI=1S/C16H15FN2O/c17-14-7-5-11(6-8-14)15-13(2-1-9-18-15)10-19-16(20)12-3-4-12/h1-2,5-9,12H,3-4,10H2,(H,19,20). The summed E-state index contributed by atoms with van der Waals surface area (Å²) in [5.41, 5.74) is 2.57. The average Bonchev–Trinajstić information content (AvgIpc) is 3.31. The zero-order valence-corrected chi connectivity index (χ0v) is 11.0. The Hall–Kier alpha value is -2.23. The molecule has 3 nitrogen and oxygen atoms in total. The number of amides is 1. The molecule has 1 amide bonds. The van der Waals surface area contributed by atoms with Gasteiger partial charge in [-0.25, -0.2) is 4.39 Å². The van der Waals surface area contributed by atoms with Gasteiger partial charge in [-0.2, -0.15) is 0 Å². The lowest BCUT2D eigenvalue weighted by molar-refractivity contribution is -0.122. The van der Waals surface area contributed by atoms with Crippen molar-refractivity contribution < 1.29 is 9.18 Å². The molecule has 1 aromatic heterocycles. The Kier molecular flexibility index (Phi) is 3.46. The second kappa shape index (κ2) is 5.41. The molecule has 4 heteroatoms.